The first-order valence-corrected chi connectivity index (χ1v) is 7.68. The molecule has 0 amide bonds. The molecule has 0 bridgehead atoms. The highest BCUT2D eigenvalue weighted by Crippen LogP contribution is 2.12. The van der Waals surface area contributed by atoms with Crippen LogP contribution in [0.3, 0.4) is 0 Å². The molecule has 0 radical (unpaired) electrons. The summed E-state index contributed by atoms with van der Waals surface area (Å²) < 4.78 is 31.6. The lowest BCUT2D eigenvalue weighted by Crippen LogP contribution is -2.40. The molecular weight excluding hydrogens is 280 g/mol. The van der Waals surface area contributed by atoms with E-state index in [0.717, 1.165) is 10.9 Å². The molecule has 0 saturated carbocycles. The van der Waals surface area contributed by atoms with Gasteiger partial charge in [-0.1, -0.05) is 10.7 Å². The van der Waals surface area contributed by atoms with Crippen molar-refractivity contribution in [1.29, 1.82) is 0 Å². The van der Waals surface area contributed by atoms with Gasteiger partial charge in [-0.25, -0.2) is 0 Å². The molecule has 1 N–H and O–H groups in total. The van der Waals surface area contributed by atoms with Crippen molar-refractivity contribution in [3.8, 4) is 0 Å². The van der Waals surface area contributed by atoms with Gasteiger partial charge in [0.1, 0.15) is 17.1 Å². The van der Waals surface area contributed by atoms with Crippen LogP contribution in [0.25, 0.3) is 10.9 Å². The van der Waals surface area contributed by atoms with E-state index in [1.807, 2.05) is 12.1 Å². The van der Waals surface area contributed by atoms with Crippen molar-refractivity contribution >= 4 is 26.8 Å². The minimum Gasteiger partial charge on any atom is -0.300 e. The molecule has 0 unspecified atom stereocenters. The van der Waals surface area contributed by atoms with E-state index in [4.69, 9.17) is 4.55 Å². The monoisotopic (exact) mass is 295 g/mol. The van der Waals surface area contributed by atoms with Crippen molar-refractivity contribution in [2.75, 3.05) is 5.75 Å². The zero-order chi connectivity index (χ0) is 14.8. The maximum Gasteiger partial charge on any atom is 0.271 e. The van der Waals surface area contributed by atoms with Crippen LogP contribution < -0.4 is 4.68 Å². The van der Waals surface area contributed by atoms with Gasteiger partial charge >= 0.3 is 0 Å². The third-order valence-corrected chi connectivity index (χ3v) is 3.48. The fourth-order valence-corrected chi connectivity index (χ4v) is 2.32. The summed E-state index contributed by atoms with van der Waals surface area (Å²) in [6, 6.07) is 7.30. The van der Waals surface area contributed by atoms with Crippen molar-refractivity contribution in [3.63, 3.8) is 0 Å². The van der Waals surface area contributed by atoms with Crippen molar-refractivity contribution in [2.45, 2.75) is 19.9 Å². The topological polar surface area (TPSA) is 88.2 Å². The van der Waals surface area contributed by atoms with Crippen LogP contribution in [0.1, 0.15) is 12.5 Å². The molecule has 0 spiro atoms. The first-order chi connectivity index (χ1) is 9.33. The molecule has 0 aliphatic heterocycles. The number of rotatable bonds is 5. The second kappa shape index (κ2) is 5.64. The minimum atomic E-state index is -3.99. The largest absolute Gasteiger partial charge is 0.300 e. The Hall–Kier alpha value is -1.86. The summed E-state index contributed by atoms with van der Waals surface area (Å²) >= 11 is 0. The molecule has 106 valence electrons. The molecule has 1 heterocycles. The average Bonchev–Trinajstić information content (AvgIpc) is 2.34. The number of fused-ring (bicyclic) bond motifs is 1. The number of aryl methyl sites for hydroxylation is 1. The van der Waals surface area contributed by atoms with Gasteiger partial charge in [-0.3, -0.25) is 9.35 Å². The van der Waals surface area contributed by atoms with Crippen LogP contribution in [0.5, 0.6) is 0 Å². The fraction of sp³-hybridized carbons (Fsp3) is 0.308. The molecule has 2 aromatic rings. The van der Waals surface area contributed by atoms with Crippen LogP contribution in [0.2, 0.25) is 0 Å². The highest BCUT2D eigenvalue weighted by atomic mass is 32.2. The smallest absolute Gasteiger partial charge is 0.271 e. The average molecular weight is 295 g/mol. The van der Waals surface area contributed by atoms with Gasteiger partial charge in [-0.15, -0.1) is 0 Å². The van der Waals surface area contributed by atoms with E-state index < -0.39 is 10.1 Å². The predicted octanol–water partition coefficient (Wildman–Crippen LogP) is 0.542. The normalized spacial score (nSPS) is 11.7. The summed E-state index contributed by atoms with van der Waals surface area (Å²) in [7, 11) is -3.99. The van der Waals surface area contributed by atoms with Crippen LogP contribution in [0, 0.1) is 0 Å². The zero-order valence-corrected chi connectivity index (χ0v) is 11.8. The molecular formula is C13H15N2O4S+. The Morgan fingerprint density at radius 1 is 1.35 bits per heavy atom. The minimum absolute atomic E-state index is 0.0873. The maximum absolute atomic E-state index is 11.1. The number of benzene rings is 1. The van der Waals surface area contributed by atoms with Crippen LogP contribution in [0.4, 0.5) is 0 Å². The summed E-state index contributed by atoms with van der Waals surface area (Å²) in [5.41, 5.74) is 1.62. The standard InChI is InChI=1S/C13H14N2O4S/c1-10(16)8-11-2-3-13-12(9-11)4-5-15(14-13)6-7-20(17,18)19/h2-5,9H,6-8H2,1H3/p+1. The van der Waals surface area contributed by atoms with E-state index in [0.29, 0.717) is 11.9 Å². The highest BCUT2D eigenvalue weighted by Gasteiger charge is 2.12. The molecule has 1 aromatic carbocycles. The number of ketones is 1. The number of aromatic nitrogens is 2. The fourth-order valence-electron chi connectivity index (χ4n) is 1.90. The lowest BCUT2D eigenvalue weighted by molar-refractivity contribution is -0.747. The van der Waals surface area contributed by atoms with E-state index in [1.54, 1.807) is 18.3 Å². The third kappa shape index (κ3) is 4.07. The number of Topliss-reactive ketones (excluding diaryl/α,β-unsaturated/α-hetero) is 1. The van der Waals surface area contributed by atoms with Crippen molar-refractivity contribution in [1.82, 2.24) is 5.10 Å². The van der Waals surface area contributed by atoms with E-state index in [2.05, 4.69) is 5.10 Å². The number of carbonyl (C=O) groups excluding carboxylic acids is 1. The Kier molecular flexibility index (Phi) is 4.10. The molecule has 20 heavy (non-hydrogen) atoms. The number of hydrogen-bond acceptors (Lipinski definition) is 4. The molecule has 0 fully saturated rings. The van der Waals surface area contributed by atoms with E-state index in [-0.39, 0.29) is 18.1 Å². The molecule has 6 nitrogen and oxygen atoms in total. The maximum atomic E-state index is 11.1. The lowest BCUT2D eigenvalue weighted by Gasteiger charge is -2.00. The molecule has 0 atom stereocenters. The second-order valence-corrected chi connectivity index (χ2v) is 6.21. The SMILES string of the molecule is CC(=O)Cc1ccc2n[n+](CCS(=O)(=O)O)ccc2c1. The summed E-state index contributed by atoms with van der Waals surface area (Å²) in [6.45, 7) is 1.63. The molecule has 0 aliphatic rings. The molecule has 0 aliphatic carbocycles. The number of hydrogen-bond donors (Lipinski definition) is 1. The Labute approximate surface area is 116 Å². The Morgan fingerprint density at radius 3 is 2.75 bits per heavy atom. The quantitative estimate of drug-likeness (QED) is 0.642. The van der Waals surface area contributed by atoms with Gasteiger partial charge < -0.3 is 0 Å². The Bertz CT molecular complexity index is 756. The van der Waals surface area contributed by atoms with Crippen LogP contribution in [-0.4, -0.2) is 29.6 Å². The lowest BCUT2D eigenvalue weighted by atomic mass is 10.1. The highest BCUT2D eigenvalue weighted by molar-refractivity contribution is 7.85. The van der Waals surface area contributed by atoms with E-state index >= 15 is 0 Å². The summed E-state index contributed by atoms with van der Waals surface area (Å²) in [6.07, 6.45) is 2.03. The first kappa shape index (κ1) is 14.5. The van der Waals surface area contributed by atoms with Gasteiger partial charge in [0, 0.05) is 23.0 Å². The predicted molar refractivity (Wildman–Crippen MR) is 72.7 cm³/mol. The molecule has 7 heteroatoms. The first-order valence-electron chi connectivity index (χ1n) is 6.07. The summed E-state index contributed by atoms with van der Waals surface area (Å²) in [5.74, 6) is -0.282. The Balaban J connectivity index is 2.24. The van der Waals surface area contributed by atoms with Crippen LogP contribution >= 0.6 is 0 Å². The van der Waals surface area contributed by atoms with E-state index in [1.165, 1.54) is 11.6 Å². The van der Waals surface area contributed by atoms with Gasteiger partial charge in [0.2, 0.25) is 0 Å². The van der Waals surface area contributed by atoms with Gasteiger partial charge in [-0.2, -0.15) is 8.42 Å². The van der Waals surface area contributed by atoms with Crippen LogP contribution in [-0.2, 0) is 27.9 Å². The third-order valence-electron chi connectivity index (χ3n) is 2.79. The van der Waals surface area contributed by atoms with Gasteiger partial charge in [0.05, 0.1) is 0 Å². The zero-order valence-electron chi connectivity index (χ0n) is 11.0. The Morgan fingerprint density at radius 2 is 2.10 bits per heavy atom. The number of carbonyl (C=O) groups is 1. The summed E-state index contributed by atoms with van der Waals surface area (Å²) in [5, 5.41) is 5.14. The molecule has 0 saturated heterocycles. The van der Waals surface area contributed by atoms with Gasteiger partial charge in [-0.05, 0) is 24.6 Å². The van der Waals surface area contributed by atoms with Gasteiger partial charge in [0.15, 0.2) is 12.7 Å². The van der Waals surface area contributed by atoms with Crippen molar-refractivity contribution in [3.05, 3.63) is 36.0 Å². The van der Waals surface area contributed by atoms with E-state index in [9.17, 15) is 13.2 Å². The van der Waals surface area contributed by atoms with Crippen molar-refractivity contribution in [2.24, 2.45) is 0 Å². The number of nitrogens with zero attached hydrogens (tertiary/aromatic N) is 2. The molecule has 2 rings (SSSR count). The van der Waals surface area contributed by atoms with Gasteiger partial charge in [0.25, 0.3) is 10.1 Å². The van der Waals surface area contributed by atoms with Crippen molar-refractivity contribution < 1.29 is 22.4 Å². The second-order valence-electron chi connectivity index (χ2n) is 4.64. The molecule has 1 aromatic heterocycles. The summed E-state index contributed by atoms with van der Waals surface area (Å²) in [4.78, 5) is 11.1. The van der Waals surface area contributed by atoms with Crippen LogP contribution in [0.15, 0.2) is 30.5 Å².